The van der Waals surface area contributed by atoms with Crippen LogP contribution in [0.25, 0.3) is 0 Å². The first-order valence-electron chi connectivity index (χ1n) is 4.97. The van der Waals surface area contributed by atoms with Crippen LogP contribution in [0, 0.1) is 0 Å². The van der Waals surface area contributed by atoms with Gasteiger partial charge in [0.05, 0.1) is 0 Å². The van der Waals surface area contributed by atoms with Crippen LogP contribution in [0.2, 0.25) is 0 Å². The van der Waals surface area contributed by atoms with Crippen molar-refractivity contribution < 1.29 is 12.4 Å². The summed E-state index contributed by atoms with van der Waals surface area (Å²) in [5, 5.41) is 12.8. The lowest BCUT2D eigenvalue weighted by molar-refractivity contribution is -0.00000315. The lowest BCUT2D eigenvalue weighted by atomic mass is 9.97. The number of hydrogen-bond acceptors (Lipinski definition) is 4. The van der Waals surface area contributed by atoms with Gasteiger partial charge in [-0.1, -0.05) is 11.8 Å². The Morgan fingerprint density at radius 2 is 2.00 bits per heavy atom. The SMILES string of the molecule is CSc1nnc(C2CCNCC2)n1C.[Cl-]. The van der Waals surface area contributed by atoms with Crippen LogP contribution in [0.3, 0.4) is 0 Å². The number of thioether (sulfide) groups is 1. The summed E-state index contributed by atoms with van der Waals surface area (Å²) in [5.41, 5.74) is 0. The fraction of sp³-hybridized carbons (Fsp3) is 0.778. The molecule has 1 fully saturated rings. The van der Waals surface area contributed by atoms with E-state index in [1.54, 1.807) is 11.8 Å². The molecular formula is C9H16ClN4S-. The summed E-state index contributed by atoms with van der Waals surface area (Å²) in [6, 6.07) is 0. The molecule has 0 aromatic carbocycles. The molecule has 15 heavy (non-hydrogen) atoms. The normalized spacial score (nSPS) is 17.5. The first kappa shape index (κ1) is 12.8. The van der Waals surface area contributed by atoms with Gasteiger partial charge in [0.2, 0.25) is 0 Å². The Hall–Kier alpha value is -0.260. The molecule has 0 atom stereocenters. The van der Waals surface area contributed by atoms with Crippen LogP contribution in [0.4, 0.5) is 0 Å². The van der Waals surface area contributed by atoms with Gasteiger partial charge in [0.15, 0.2) is 5.16 Å². The largest absolute Gasteiger partial charge is 1.00 e. The third-order valence-electron chi connectivity index (χ3n) is 2.76. The molecule has 1 aromatic rings. The fourth-order valence-electron chi connectivity index (χ4n) is 1.94. The van der Waals surface area contributed by atoms with E-state index >= 15 is 0 Å². The molecule has 86 valence electrons. The van der Waals surface area contributed by atoms with Crippen LogP contribution in [-0.4, -0.2) is 34.1 Å². The second-order valence-corrected chi connectivity index (χ2v) is 4.40. The Bertz CT molecular complexity index is 309. The maximum absolute atomic E-state index is 4.27. The zero-order chi connectivity index (χ0) is 9.97. The number of nitrogens with zero attached hydrogens (tertiary/aromatic N) is 3. The van der Waals surface area contributed by atoms with Gasteiger partial charge in [0, 0.05) is 13.0 Å². The molecule has 2 rings (SSSR count). The molecule has 0 spiro atoms. The molecule has 1 aliphatic rings. The van der Waals surface area contributed by atoms with Crippen LogP contribution in [0.1, 0.15) is 24.6 Å². The van der Waals surface area contributed by atoms with Crippen LogP contribution in [-0.2, 0) is 7.05 Å². The first-order valence-corrected chi connectivity index (χ1v) is 6.19. The van der Waals surface area contributed by atoms with Gasteiger partial charge in [0.1, 0.15) is 5.82 Å². The van der Waals surface area contributed by atoms with E-state index < -0.39 is 0 Å². The van der Waals surface area contributed by atoms with Gasteiger partial charge in [-0.2, -0.15) is 0 Å². The summed E-state index contributed by atoms with van der Waals surface area (Å²) in [5.74, 6) is 1.74. The average molecular weight is 248 g/mol. The third kappa shape index (κ3) is 2.65. The maximum Gasteiger partial charge on any atom is 0.190 e. The van der Waals surface area contributed by atoms with E-state index in [1.807, 2.05) is 6.26 Å². The van der Waals surface area contributed by atoms with Gasteiger partial charge >= 0.3 is 0 Å². The highest BCUT2D eigenvalue weighted by Crippen LogP contribution is 2.25. The Labute approximate surface area is 101 Å². The van der Waals surface area contributed by atoms with Crippen molar-refractivity contribution in [1.29, 1.82) is 0 Å². The van der Waals surface area contributed by atoms with E-state index in [0.29, 0.717) is 5.92 Å². The van der Waals surface area contributed by atoms with Crippen LogP contribution < -0.4 is 17.7 Å². The molecule has 0 radical (unpaired) electrons. The van der Waals surface area contributed by atoms with Gasteiger partial charge in [-0.15, -0.1) is 10.2 Å². The molecule has 1 aliphatic heterocycles. The van der Waals surface area contributed by atoms with Crippen LogP contribution in [0.5, 0.6) is 0 Å². The van der Waals surface area contributed by atoms with E-state index in [9.17, 15) is 0 Å². The Morgan fingerprint density at radius 1 is 1.33 bits per heavy atom. The minimum absolute atomic E-state index is 0. The van der Waals surface area contributed by atoms with Crippen LogP contribution in [0.15, 0.2) is 5.16 Å². The number of aromatic nitrogens is 3. The van der Waals surface area contributed by atoms with Crippen molar-refractivity contribution in [1.82, 2.24) is 20.1 Å². The molecule has 4 nitrogen and oxygen atoms in total. The molecule has 0 bridgehead atoms. The number of halogens is 1. The van der Waals surface area contributed by atoms with Crippen LogP contribution >= 0.6 is 11.8 Å². The van der Waals surface area contributed by atoms with Crippen molar-refractivity contribution in [3.8, 4) is 0 Å². The molecule has 6 heteroatoms. The highest BCUT2D eigenvalue weighted by molar-refractivity contribution is 7.98. The Kier molecular flexibility index (Phi) is 4.89. The van der Waals surface area contributed by atoms with E-state index in [2.05, 4.69) is 27.1 Å². The second kappa shape index (κ2) is 5.72. The molecule has 1 saturated heterocycles. The predicted octanol–water partition coefficient (Wildman–Crippen LogP) is -1.99. The molecule has 0 aliphatic carbocycles. The zero-order valence-electron chi connectivity index (χ0n) is 9.03. The standard InChI is InChI=1S/C9H16N4S.ClH/c1-13-8(11-12-9(13)14-2)7-3-5-10-6-4-7;/h7,10H,3-6H2,1-2H3;1H/p-1. The summed E-state index contributed by atoms with van der Waals surface area (Å²) < 4.78 is 2.13. The monoisotopic (exact) mass is 247 g/mol. The maximum atomic E-state index is 4.27. The lowest BCUT2D eigenvalue weighted by Gasteiger charge is -2.21. The minimum atomic E-state index is 0. The van der Waals surface area contributed by atoms with Gasteiger partial charge in [-0.25, -0.2) is 0 Å². The smallest absolute Gasteiger partial charge is 0.190 e. The second-order valence-electron chi connectivity index (χ2n) is 3.63. The minimum Gasteiger partial charge on any atom is -1.00 e. The summed E-state index contributed by atoms with van der Waals surface area (Å²) in [4.78, 5) is 0. The van der Waals surface area contributed by atoms with Crippen molar-refractivity contribution in [2.24, 2.45) is 7.05 Å². The topological polar surface area (TPSA) is 42.7 Å². The number of piperidine rings is 1. The number of rotatable bonds is 2. The lowest BCUT2D eigenvalue weighted by Crippen LogP contribution is -3.00. The predicted molar refractivity (Wildman–Crippen MR) is 57.6 cm³/mol. The third-order valence-corrected chi connectivity index (χ3v) is 3.48. The van der Waals surface area contributed by atoms with Crippen molar-refractivity contribution >= 4 is 11.8 Å². The molecule has 0 unspecified atom stereocenters. The van der Waals surface area contributed by atoms with Gasteiger partial charge in [-0.3, -0.25) is 0 Å². The quantitative estimate of drug-likeness (QED) is 0.615. The summed E-state index contributed by atoms with van der Waals surface area (Å²) in [6.45, 7) is 2.21. The van der Waals surface area contributed by atoms with Gasteiger partial charge < -0.3 is 22.3 Å². The molecular weight excluding hydrogens is 232 g/mol. The summed E-state index contributed by atoms with van der Waals surface area (Å²) >= 11 is 1.65. The molecule has 2 heterocycles. The molecule has 0 saturated carbocycles. The Morgan fingerprint density at radius 3 is 2.53 bits per heavy atom. The van der Waals surface area contributed by atoms with Crippen molar-refractivity contribution in [2.75, 3.05) is 19.3 Å². The molecule has 0 amide bonds. The first-order chi connectivity index (χ1) is 6.83. The molecule has 1 N–H and O–H groups in total. The summed E-state index contributed by atoms with van der Waals surface area (Å²) in [7, 11) is 2.06. The highest BCUT2D eigenvalue weighted by atomic mass is 35.5. The van der Waals surface area contributed by atoms with Gasteiger partial charge in [-0.05, 0) is 32.2 Å². The van der Waals surface area contributed by atoms with E-state index in [4.69, 9.17) is 0 Å². The zero-order valence-corrected chi connectivity index (χ0v) is 10.6. The summed E-state index contributed by atoms with van der Waals surface area (Å²) in [6.07, 6.45) is 4.40. The average Bonchev–Trinajstić information content (AvgIpc) is 2.61. The highest BCUT2D eigenvalue weighted by Gasteiger charge is 2.20. The van der Waals surface area contributed by atoms with E-state index in [1.165, 1.54) is 12.8 Å². The Balaban J connectivity index is 0.00000112. The number of hydrogen-bond donors (Lipinski definition) is 1. The van der Waals surface area contributed by atoms with Crippen molar-refractivity contribution in [3.63, 3.8) is 0 Å². The fourth-order valence-corrected chi connectivity index (χ4v) is 2.43. The molecule has 1 aromatic heterocycles. The number of nitrogens with one attached hydrogen (secondary N) is 1. The van der Waals surface area contributed by atoms with E-state index in [0.717, 1.165) is 24.1 Å². The van der Waals surface area contributed by atoms with E-state index in [-0.39, 0.29) is 12.4 Å². The van der Waals surface area contributed by atoms with Gasteiger partial charge in [0.25, 0.3) is 0 Å². The van der Waals surface area contributed by atoms with Crippen molar-refractivity contribution in [2.45, 2.75) is 23.9 Å². The van der Waals surface area contributed by atoms with Crippen molar-refractivity contribution in [3.05, 3.63) is 5.82 Å².